The van der Waals surface area contributed by atoms with E-state index in [1.807, 2.05) is 0 Å². The molecule has 240 valence electrons. The lowest BCUT2D eigenvalue weighted by Gasteiger charge is -2.30. The average molecular weight is 566 g/mol. The Bertz CT molecular complexity index is 463. The molecule has 0 aliphatic rings. The van der Waals surface area contributed by atoms with Crippen molar-refractivity contribution >= 4 is 5.97 Å². The van der Waals surface area contributed by atoms with Gasteiger partial charge in [0.25, 0.3) is 0 Å². The lowest BCUT2D eigenvalue weighted by molar-refractivity contribution is -0.138. The van der Waals surface area contributed by atoms with E-state index in [2.05, 4.69) is 25.7 Å². The first kappa shape index (κ1) is 39.4. The van der Waals surface area contributed by atoms with Crippen LogP contribution in [0.4, 0.5) is 0 Å². The molecular formula is C37H75NO2. The molecule has 0 bridgehead atoms. The van der Waals surface area contributed by atoms with Gasteiger partial charge < -0.3 is 5.11 Å². The highest BCUT2D eigenvalue weighted by molar-refractivity contribution is 5.67. The fourth-order valence-corrected chi connectivity index (χ4v) is 6.23. The van der Waals surface area contributed by atoms with Crippen LogP contribution in [0.1, 0.15) is 213 Å². The lowest BCUT2D eigenvalue weighted by Crippen LogP contribution is -2.38. The maximum atomic E-state index is 11.4. The van der Waals surface area contributed by atoms with E-state index < -0.39 is 5.97 Å². The van der Waals surface area contributed by atoms with Crippen LogP contribution in [0.25, 0.3) is 0 Å². The van der Waals surface area contributed by atoms with Gasteiger partial charge in [-0.3, -0.25) is 9.69 Å². The first-order valence-corrected chi connectivity index (χ1v) is 18.6. The molecule has 0 rings (SSSR count). The SMILES string of the molecule is CCCCCCCCCCCCCCCCN(CCCCCCCCCCCCCCCC)C(CC)CC(=O)O. The fraction of sp³-hybridized carbons (Fsp3) is 0.973. The zero-order valence-electron chi connectivity index (χ0n) is 28.0. The number of unbranched alkanes of at least 4 members (excludes halogenated alkanes) is 26. The number of carbonyl (C=O) groups is 1. The quantitative estimate of drug-likeness (QED) is 0.0789. The number of carboxylic acids is 1. The lowest BCUT2D eigenvalue weighted by atomic mass is 10.0. The summed E-state index contributed by atoms with van der Waals surface area (Å²) >= 11 is 0. The van der Waals surface area contributed by atoms with Crippen molar-refractivity contribution < 1.29 is 9.90 Å². The van der Waals surface area contributed by atoms with Gasteiger partial charge in [0.05, 0.1) is 6.42 Å². The first-order valence-electron chi connectivity index (χ1n) is 18.6. The topological polar surface area (TPSA) is 40.5 Å². The van der Waals surface area contributed by atoms with Crippen molar-refractivity contribution in [3.05, 3.63) is 0 Å². The van der Waals surface area contributed by atoms with Gasteiger partial charge in [-0.05, 0) is 32.4 Å². The van der Waals surface area contributed by atoms with Gasteiger partial charge in [0, 0.05) is 6.04 Å². The Morgan fingerprint density at radius 2 is 0.700 bits per heavy atom. The predicted molar refractivity (Wildman–Crippen MR) is 179 cm³/mol. The van der Waals surface area contributed by atoms with Gasteiger partial charge in [-0.15, -0.1) is 0 Å². The summed E-state index contributed by atoms with van der Waals surface area (Å²) in [6, 6.07) is 0.210. The second-order valence-corrected chi connectivity index (χ2v) is 12.9. The van der Waals surface area contributed by atoms with Crippen molar-refractivity contribution in [2.75, 3.05) is 13.1 Å². The van der Waals surface area contributed by atoms with Crippen LogP contribution >= 0.6 is 0 Å². The summed E-state index contributed by atoms with van der Waals surface area (Å²) in [5.41, 5.74) is 0. The van der Waals surface area contributed by atoms with Crippen LogP contribution in [0.5, 0.6) is 0 Å². The molecule has 0 radical (unpaired) electrons. The second-order valence-electron chi connectivity index (χ2n) is 12.9. The van der Waals surface area contributed by atoms with Crippen LogP contribution < -0.4 is 0 Å². The van der Waals surface area contributed by atoms with Gasteiger partial charge in [0.15, 0.2) is 0 Å². The maximum Gasteiger partial charge on any atom is 0.304 e. The van der Waals surface area contributed by atoms with Crippen molar-refractivity contribution in [2.45, 2.75) is 219 Å². The monoisotopic (exact) mass is 566 g/mol. The minimum atomic E-state index is -0.640. The Labute approximate surface area is 253 Å². The molecule has 0 heterocycles. The molecule has 0 saturated heterocycles. The summed E-state index contributed by atoms with van der Waals surface area (Å²) in [6.45, 7) is 8.92. The van der Waals surface area contributed by atoms with Crippen LogP contribution in [-0.4, -0.2) is 35.1 Å². The third-order valence-corrected chi connectivity index (χ3v) is 9.00. The van der Waals surface area contributed by atoms with Gasteiger partial charge in [-0.2, -0.15) is 0 Å². The summed E-state index contributed by atoms with van der Waals surface area (Å²) in [5, 5.41) is 9.43. The number of rotatable bonds is 34. The van der Waals surface area contributed by atoms with Gasteiger partial charge in [-0.25, -0.2) is 0 Å². The number of hydrogen-bond donors (Lipinski definition) is 1. The molecular weight excluding hydrogens is 490 g/mol. The van der Waals surface area contributed by atoms with Crippen LogP contribution in [0, 0.1) is 0 Å². The summed E-state index contributed by atoms with van der Waals surface area (Å²) in [5.74, 6) is -0.640. The van der Waals surface area contributed by atoms with Crippen molar-refractivity contribution in [1.82, 2.24) is 4.90 Å². The minimum Gasteiger partial charge on any atom is -0.481 e. The van der Waals surface area contributed by atoms with E-state index in [4.69, 9.17) is 0 Å². The molecule has 0 fully saturated rings. The highest BCUT2D eigenvalue weighted by Gasteiger charge is 2.19. The molecule has 0 amide bonds. The molecule has 0 aromatic carbocycles. The standard InChI is InChI=1S/C37H75NO2/c1-4-7-9-11-13-15-17-19-21-23-25-27-29-31-33-38(36(6-3)35-37(39)40)34-32-30-28-26-24-22-20-18-16-14-12-10-8-5-2/h36H,4-35H2,1-3H3,(H,39,40). The fourth-order valence-electron chi connectivity index (χ4n) is 6.23. The Balaban J connectivity index is 3.84. The van der Waals surface area contributed by atoms with Crippen molar-refractivity contribution in [1.29, 1.82) is 0 Å². The molecule has 1 unspecified atom stereocenters. The predicted octanol–water partition coefficient (Wildman–Crippen LogP) is 12.5. The van der Waals surface area contributed by atoms with E-state index >= 15 is 0 Å². The Kier molecular flexibility index (Phi) is 32.5. The second kappa shape index (κ2) is 32.9. The van der Waals surface area contributed by atoms with Gasteiger partial charge in [0.1, 0.15) is 0 Å². The molecule has 3 nitrogen and oxygen atoms in total. The van der Waals surface area contributed by atoms with Crippen LogP contribution in [0.15, 0.2) is 0 Å². The minimum absolute atomic E-state index is 0.210. The molecule has 3 heteroatoms. The number of nitrogens with zero attached hydrogens (tertiary/aromatic N) is 1. The molecule has 0 aromatic heterocycles. The maximum absolute atomic E-state index is 11.4. The average Bonchev–Trinajstić information content (AvgIpc) is 2.95. The molecule has 0 saturated carbocycles. The third kappa shape index (κ3) is 28.9. The van der Waals surface area contributed by atoms with E-state index in [0.717, 1.165) is 19.5 Å². The summed E-state index contributed by atoms with van der Waals surface area (Å²) in [6.07, 6.45) is 40.1. The van der Waals surface area contributed by atoms with E-state index in [1.165, 1.54) is 180 Å². The molecule has 1 atom stereocenters. The van der Waals surface area contributed by atoms with Gasteiger partial charge >= 0.3 is 5.97 Å². The number of hydrogen-bond acceptors (Lipinski definition) is 2. The largest absolute Gasteiger partial charge is 0.481 e. The zero-order chi connectivity index (χ0) is 29.4. The molecule has 0 aromatic rings. The molecule has 40 heavy (non-hydrogen) atoms. The molecule has 0 aliphatic carbocycles. The van der Waals surface area contributed by atoms with Crippen LogP contribution in [0.2, 0.25) is 0 Å². The summed E-state index contributed by atoms with van der Waals surface area (Å²) in [7, 11) is 0. The van der Waals surface area contributed by atoms with Crippen LogP contribution in [0.3, 0.4) is 0 Å². The van der Waals surface area contributed by atoms with Gasteiger partial charge in [-0.1, -0.05) is 188 Å². The highest BCUT2D eigenvalue weighted by Crippen LogP contribution is 2.17. The smallest absolute Gasteiger partial charge is 0.304 e. The van der Waals surface area contributed by atoms with E-state index in [0.29, 0.717) is 6.42 Å². The Morgan fingerprint density at radius 3 is 0.925 bits per heavy atom. The Morgan fingerprint density at radius 1 is 0.450 bits per heavy atom. The highest BCUT2D eigenvalue weighted by atomic mass is 16.4. The van der Waals surface area contributed by atoms with E-state index in [1.54, 1.807) is 0 Å². The van der Waals surface area contributed by atoms with Crippen molar-refractivity contribution in [2.24, 2.45) is 0 Å². The van der Waals surface area contributed by atoms with Gasteiger partial charge in [0.2, 0.25) is 0 Å². The first-order chi connectivity index (χ1) is 19.7. The third-order valence-electron chi connectivity index (χ3n) is 9.00. The van der Waals surface area contributed by atoms with Crippen molar-refractivity contribution in [3.63, 3.8) is 0 Å². The molecule has 1 N–H and O–H groups in total. The number of aliphatic carboxylic acids is 1. The number of carboxylic acid groups (broad SMARTS) is 1. The normalized spacial score (nSPS) is 12.4. The van der Waals surface area contributed by atoms with Crippen LogP contribution in [-0.2, 0) is 4.79 Å². The summed E-state index contributed by atoms with van der Waals surface area (Å²) < 4.78 is 0. The zero-order valence-corrected chi connectivity index (χ0v) is 28.0. The Hall–Kier alpha value is -0.570. The van der Waals surface area contributed by atoms with E-state index in [9.17, 15) is 9.90 Å². The molecule has 0 aliphatic heterocycles. The molecule has 0 spiro atoms. The summed E-state index contributed by atoms with van der Waals surface area (Å²) in [4.78, 5) is 14.0. The van der Waals surface area contributed by atoms with Crippen molar-refractivity contribution in [3.8, 4) is 0 Å². The van der Waals surface area contributed by atoms with E-state index in [-0.39, 0.29) is 6.04 Å².